The fourth-order valence-electron chi connectivity index (χ4n) is 1.96. The van der Waals surface area contributed by atoms with Crippen LogP contribution < -0.4 is 5.32 Å². The van der Waals surface area contributed by atoms with Crippen LogP contribution in [0.15, 0.2) is 41.1 Å². The maximum absolute atomic E-state index is 12.0. The van der Waals surface area contributed by atoms with E-state index in [2.05, 4.69) is 26.3 Å². The summed E-state index contributed by atoms with van der Waals surface area (Å²) in [5, 5.41) is 15.9. The summed E-state index contributed by atoms with van der Waals surface area (Å²) in [6.07, 6.45) is 3.93. The Bertz CT molecular complexity index is 725. The van der Waals surface area contributed by atoms with E-state index >= 15 is 0 Å². The van der Waals surface area contributed by atoms with E-state index in [1.807, 2.05) is 24.3 Å². The van der Waals surface area contributed by atoms with Crippen molar-refractivity contribution in [2.75, 3.05) is 5.32 Å². The smallest absolute Gasteiger partial charge is 0.331 e. The first-order valence-corrected chi connectivity index (χ1v) is 7.91. The van der Waals surface area contributed by atoms with Crippen molar-refractivity contribution in [3.05, 3.63) is 46.7 Å². The van der Waals surface area contributed by atoms with Crippen molar-refractivity contribution >= 4 is 33.5 Å². The van der Waals surface area contributed by atoms with Crippen molar-refractivity contribution in [2.24, 2.45) is 0 Å². The monoisotopic (exact) mass is 379 g/mol. The molecule has 6 nitrogen and oxygen atoms in total. The molecule has 0 aliphatic heterocycles. The predicted molar refractivity (Wildman–Crippen MR) is 90.3 cm³/mol. The van der Waals surface area contributed by atoms with Crippen molar-refractivity contribution < 1.29 is 14.7 Å². The number of rotatable bonds is 6. The highest BCUT2D eigenvalue weighted by Crippen LogP contribution is 2.18. The van der Waals surface area contributed by atoms with Crippen LogP contribution in [0.25, 0.3) is 0 Å². The number of amides is 1. The lowest BCUT2D eigenvalue weighted by Crippen LogP contribution is -2.35. The molecule has 0 radical (unpaired) electrons. The first-order valence-electron chi connectivity index (χ1n) is 7.12. The van der Waals surface area contributed by atoms with E-state index < -0.39 is 11.5 Å². The third-order valence-electron chi connectivity index (χ3n) is 3.49. The lowest BCUT2D eigenvalue weighted by molar-refractivity contribution is -0.146. The number of carbonyl (C=O) groups is 2. The van der Waals surface area contributed by atoms with Crippen molar-refractivity contribution in [1.29, 1.82) is 0 Å². The number of halogens is 1. The van der Waals surface area contributed by atoms with Gasteiger partial charge in [-0.25, -0.2) is 4.79 Å². The molecule has 1 aromatic carbocycles. The number of nitrogens with one attached hydrogen (secondary N) is 1. The largest absolute Gasteiger partial charge is 0.479 e. The first kappa shape index (κ1) is 17.2. The molecule has 1 heterocycles. The first-order chi connectivity index (χ1) is 10.8. The minimum absolute atomic E-state index is 0.141. The minimum atomic E-state index is -1.17. The molecular weight excluding hydrogens is 362 g/mol. The van der Waals surface area contributed by atoms with E-state index in [1.165, 1.54) is 17.1 Å². The fraction of sp³-hybridized carbons (Fsp3) is 0.312. The Hall–Kier alpha value is -2.15. The molecule has 0 aliphatic carbocycles. The van der Waals surface area contributed by atoms with Gasteiger partial charge in [-0.05, 0) is 38.0 Å². The van der Waals surface area contributed by atoms with Gasteiger partial charge in [0.15, 0.2) is 5.54 Å². The molecule has 0 spiro atoms. The second-order valence-electron chi connectivity index (χ2n) is 5.72. The number of carbonyl (C=O) groups excluding carboxylic acids is 1. The summed E-state index contributed by atoms with van der Waals surface area (Å²) in [4.78, 5) is 23.2. The Morgan fingerprint density at radius 1 is 1.39 bits per heavy atom. The van der Waals surface area contributed by atoms with Crippen molar-refractivity contribution in [3.63, 3.8) is 0 Å². The standard InChI is InChI=1S/C16H18BrN3O3/c1-16(2,15(22)23)20-10-13(9-18-20)19-14(21)7-6-11-4-3-5-12(17)8-11/h3-5,8-10H,6-7H2,1-2H3,(H,19,21)(H,22,23). The summed E-state index contributed by atoms with van der Waals surface area (Å²) in [7, 11) is 0. The maximum atomic E-state index is 12.0. The van der Waals surface area contributed by atoms with Crippen LogP contribution in [0.4, 0.5) is 5.69 Å². The average Bonchev–Trinajstić information content (AvgIpc) is 2.94. The van der Waals surface area contributed by atoms with Crippen LogP contribution in [0.3, 0.4) is 0 Å². The zero-order valence-electron chi connectivity index (χ0n) is 12.9. The van der Waals surface area contributed by atoms with Gasteiger partial charge in [0.2, 0.25) is 5.91 Å². The Balaban J connectivity index is 1.93. The zero-order chi connectivity index (χ0) is 17.0. The summed E-state index contributed by atoms with van der Waals surface area (Å²) in [5.41, 5.74) is 0.384. The number of nitrogens with zero attached hydrogens (tertiary/aromatic N) is 2. The van der Waals surface area contributed by atoms with E-state index in [0.29, 0.717) is 18.5 Å². The lowest BCUT2D eigenvalue weighted by atomic mass is 10.1. The highest BCUT2D eigenvalue weighted by molar-refractivity contribution is 9.10. The summed E-state index contributed by atoms with van der Waals surface area (Å²) in [5.74, 6) is -1.13. The average molecular weight is 380 g/mol. The summed E-state index contributed by atoms with van der Waals surface area (Å²) in [6, 6.07) is 7.80. The fourth-order valence-corrected chi connectivity index (χ4v) is 2.41. The topological polar surface area (TPSA) is 84.2 Å². The highest BCUT2D eigenvalue weighted by Gasteiger charge is 2.30. The number of hydrogen-bond donors (Lipinski definition) is 2. The number of carboxylic acid groups (broad SMARTS) is 1. The Morgan fingerprint density at radius 3 is 2.78 bits per heavy atom. The molecule has 23 heavy (non-hydrogen) atoms. The molecule has 1 aromatic heterocycles. The maximum Gasteiger partial charge on any atom is 0.331 e. The molecule has 7 heteroatoms. The van der Waals surface area contributed by atoms with Gasteiger partial charge in [-0.1, -0.05) is 28.1 Å². The van der Waals surface area contributed by atoms with Gasteiger partial charge in [-0.2, -0.15) is 5.10 Å². The van der Waals surface area contributed by atoms with Gasteiger partial charge >= 0.3 is 5.97 Å². The number of anilines is 1. The SMILES string of the molecule is CC(C)(C(=O)O)n1cc(NC(=O)CCc2cccc(Br)c2)cn1. The molecule has 122 valence electrons. The predicted octanol–water partition coefficient (Wildman–Crippen LogP) is 3.04. The number of carboxylic acids is 1. The molecule has 1 amide bonds. The summed E-state index contributed by atoms with van der Waals surface area (Å²) >= 11 is 3.40. The van der Waals surface area contributed by atoms with Gasteiger partial charge in [-0.15, -0.1) is 0 Å². The number of aromatic nitrogens is 2. The Labute approximate surface area is 142 Å². The third kappa shape index (κ3) is 4.41. The van der Waals surface area contributed by atoms with Gasteiger partial charge in [-0.3, -0.25) is 9.48 Å². The molecule has 2 rings (SSSR count). The molecule has 0 unspecified atom stereocenters. The zero-order valence-corrected chi connectivity index (χ0v) is 14.5. The lowest BCUT2D eigenvalue weighted by Gasteiger charge is -2.19. The van der Waals surface area contributed by atoms with Gasteiger partial charge < -0.3 is 10.4 Å². The second-order valence-corrected chi connectivity index (χ2v) is 6.63. The van der Waals surface area contributed by atoms with Crippen LogP contribution >= 0.6 is 15.9 Å². The van der Waals surface area contributed by atoms with Crippen molar-refractivity contribution in [3.8, 4) is 0 Å². The van der Waals surface area contributed by atoms with Crippen LogP contribution in [-0.2, 0) is 21.5 Å². The van der Waals surface area contributed by atoms with Crippen LogP contribution in [-0.4, -0.2) is 26.8 Å². The van der Waals surface area contributed by atoms with Crippen LogP contribution in [0.1, 0.15) is 25.8 Å². The Morgan fingerprint density at radius 2 is 2.13 bits per heavy atom. The van der Waals surface area contributed by atoms with E-state index in [-0.39, 0.29) is 5.91 Å². The quantitative estimate of drug-likeness (QED) is 0.807. The number of benzene rings is 1. The van der Waals surface area contributed by atoms with Crippen LogP contribution in [0.2, 0.25) is 0 Å². The van der Waals surface area contributed by atoms with E-state index in [4.69, 9.17) is 5.11 Å². The molecule has 0 saturated heterocycles. The highest BCUT2D eigenvalue weighted by atomic mass is 79.9. The van der Waals surface area contributed by atoms with Crippen molar-refractivity contribution in [1.82, 2.24) is 9.78 Å². The van der Waals surface area contributed by atoms with E-state index in [1.54, 1.807) is 13.8 Å². The molecule has 0 atom stereocenters. The van der Waals surface area contributed by atoms with Gasteiger partial charge in [0.1, 0.15) is 0 Å². The van der Waals surface area contributed by atoms with E-state index in [9.17, 15) is 9.59 Å². The number of aryl methyl sites for hydroxylation is 1. The minimum Gasteiger partial charge on any atom is -0.479 e. The summed E-state index contributed by atoms with van der Waals surface area (Å²) in [6.45, 7) is 3.09. The van der Waals surface area contributed by atoms with Gasteiger partial charge in [0.25, 0.3) is 0 Å². The molecular formula is C16H18BrN3O3. The molecule has 0 fully saturated rings. The third-order valence-corrected chi connectivity index (χ3v) is 3.99. The molecule has 0 aliphatic rings. The molecule has 0 bridgehead atoms. The van der Waals surface area contributed by atoms with E-state index in [0.717, 1.165) is 10.0 Å². The number of aliphatic carboxylic acids is 1. The van der Waals surface area contributed by atoms with Crippen LogP contribution in [0.5, 0.6) is 0 Å². The normalized spacial score (nSPS) is 11.3. The molecule has 0 saturated carbocycles. The molecule has 2 aromatic rings. The number of hydrogen-bond acceptors (Lipinski definition) is 3. The Kier molecular flexibility index (Phi) is 5.20. The van der Waals surface area contributed by atoms with Gasteiger partial charge in [0.05, 0.1) is 11.9 Å². The summed E-state index contributed by atoms with van der Waals surface area (Å²) < 4.78 is 2.30. The second kappa shape index (κ2) is 6.95. The van der Waals surface area contributed by atoms with Crippen LogP contribution in [0, 0.1) is 0 Å². The van der Waals surface area contributed by atoms with Gasteiger partial charge in [0, 0.05) is 17.1 Å². The molecule has 2 N–H and O–H groups in total. The van der Waals surface area contributed by atoms with Crippen molar-refractivity contribution in [2.45, 2.75) is 32.2 Å².